The van der Waals surface area contributed by atoms with Crippen LogP contribution in [-0.2, 0) is 14.3 Å². The number of hydrogen-bond acceptors (Lipinski definition) is 5. The van der Waals surface area contributed by atoms with Crippen LogP contribution in [0.5, 0.6) is 0 Å². The van der Waals surface area contributed by atoms with Crippen molar-refractivity contribution in [1.29, 1.82) is 0 Å². The van der Waals surface area contributed by atoms with E-state index in [1.165, 1.54) is 0 Å². The molecule has 5 rings (SSSR count). The van der Waals surface area contributed by atoms with Crippen molar-refractivity contribution in [2.24, 2.45) is 0 Å². The molecule has 1 fully saturated rings. The van der Waals surface area contributed by atoms with Crippen molar-refractivity contribution >= 4 is 28.7 Å². The lowest BCUT2D eigenvalue weighted by Crippen LogP contribution is -2.36. The number of carbonyl (C=O) groups excluding carboxylic acids is 1. The number of rotatable bonds is 2. The van der Waals surface area contributed by atoms with E-state index in [1.54, 1.807) is 0 Å². The largest absolute Gasteiger partial charge is 0.484 e. The lowest BCUT2D eigenvalue weighted by molar-refractivity contribution is -0.110. The second-order valence-corrected chi connectivity index (χ2v) is 6.95. The van der Waals surface area contributed by atoms with E-state index in [0.717, 1.165) is 60.9 Å². The maximum Gasteiger partial charge on any atom is 0.260 e. The Labute approximate surface area is 157 Å². The molecule has 2 aromatic rings. The second kappa shape index (κ2) is 6.39. The van der Waals surface area contributed by atoms with Crippen LogP contribution in [-0.4, -0.2) is 37.2 Å². The number of benzene rings is 1. The Kier molecular flexibility index (Phi) is 3.86. The number of nitrogens with one attached hydrogen (secondary N) is 1. The molecule has 0 aliphatic carbocycles. The predicted octanol–water partition coefficient (Wildman–Crippen LogP) is 3.22. The molecule has 3 aliphatic rings. The molecule has 138 valence electrons. The summed E-state index contributed by atoms with van der Waals surface area (Å²) in [6.45, 7) is 5.22. The highest BCUT2D eigenvalue weighted by atomic mass is 16.5. The van der Waals surface area contributed by atoms with Crippen molar-refractivity contribution in [3.05, 3.63) is 53.2 Å². The van der Waals surface area contributed by atoms with Gasteiger partial charge in [-0.3, -0.25) is 4.79 Å². The van der Waals surface area contributed by atoms with Crippen molar-refractivity contribution in [2.45, 2.75) is 19.4 Å². The predicted molar refractivity (Wildman–Crippen MR) is 103 cm³/mol. The third-order valence-electron chi connectivity index (χ3n) is 5.38. The lowest BCUT2D eigenvalue weighted by Gasteiger charge is -2.28. The first kappa shape index (κ1) is 16.3. The van der Waals surface area contributed by atoms with Gasteiger partial charge < -0.3 is 19.7 Å². The summed E-state index contributed by atoms with van der Waals surface area (Å²) in [5.41, 5.74) is 4.34. The first-order valence-corrected chi connectivity index (χ1v) is 9.41. The van der Waals surface area contributed by atoms with Crippen LogP contribution >= 0.6 is 0 Å². The van der Waals surface area contributed by atoms with E-state index in [4.69, 9.17) is 9.47 Å². The summed E-state index contributed by atoms with van der Waals surface area (Å²) in [6, 6.07) is 9.83. The number of carbonyl (C=O) groups is 1. The number of aromatic nitrogens is 1. The highest BCUT2D eigenvalue weighted by Crippen LogP contribution is 2.47. The van der Waals surface area contributed by atoms with Gasteiger partial charge in [0.25, 0.3) is 5.91 Å². The van der Waals surface area contributed by atoms with Crippen molar-refractivity contribution in [1.82, 2.24) is 4.98 Å². The quantitative estimate of drug-likeness (QED) is 0.830. The molecule has 0 saturated carbocycles. The van der Waals surface area contributed by atoms with E-state index < -0.39 is 0 Å². The molecule has 3 aliphatic heterocycles. The van der Waals surface area contributed by atoms with E-state index in [2.05, 4.69) is 28.2 Å². The van der Waals surface area contributed by atoms with Crippen molar-refractivity contribution in [3.63, 3.8) is 0 Å². The first-order valence-electron chi connectivity index (χ1n) is 9.41. The van der Waals surface area contributed by atoms with Crippen LogP contribution in [0.3, 0.4) is 0 Å². The zero-order chi connectivity index (χ0) is 18.4. The minimum atomic E-state index is -0.119. The molecular formula is C21H21N3O3. The van der Waals surface area contributed by atoms with Crippen LogP contribution in [0.25, 0.3) is 11.3 Å². The highest BCUT2D eigenvalue weighted by Gasteiger charge is 2.36. The summed E-state index contributed by atoms with van der Waals surface area (Å²) >= 11 is 0. The van der Waals surface area contributed by atoms with Gasteiger partial charge in [-0.15, -0.1) is 0 Å². The Morgan fingerprint density at radius 2 is 2.04 bits per heavy atom. The van der Waals surface area contributed by atoms with Crippen LogP contribution in [0.2, 0.25) is 0 Å². The standard InChI is InChI=1S/C21H21N3O3/c1-2-17-14-11-18(24-7-9-26-10-8-24)22-12-15(14)20(27-17)19-13-5-3-4-6-16(13)23-21(19)25/h3-6,11-12,17H,2,7-10H2,1H3,(H,23,25)/b20-19+. The Bertz CT molecular complexity index is 947. The smallest absolute Gasteiger partial charge is 0.260 e. The van der Waals surface area contributed by atoms with Gasteiger partial charge in [0.15, 0.2) is 0 Å². The number of ether oxygens (including phenoxy) is 2. The number of pyridine rings is 1. The minimum Gasteiger partial charge on any atom is -0.484 e. The van der Waals surface area contributed by atoms with Crippen LogP contribution in [0.4, 0.5) is 11.5 Å². The van der Waals surface area contributed by atoms with Crippen LogP contribution in [0, 0.1) is 0 Å². The van der Waals surface area contributed by atoms with Gasteiger partial charge in [-0.05, 0) is 18.6 Å². The van der Waals surface area contributed by atoms with Gasteiger partial charge in [-0.25, -0.2) is 4.98 Å². The van der Waals surface area contributed by atoms with E-state index in [-0.39, 0.29) is 12.0 Å². The van der Waals surface area contributed by atoms with Gasteiger partial charge in [-0.2, -0.15) is 0 Å². The summed E-state index contributed by atoms with van der Waals surface area (Å²) in [4.78, 5) is 19.6. The summed E-state index contributed by atoms with van der Waals surface area (Å²) in [5, 5.41) is 2.93. The number of fused-ring (bicyclic) bond motifs is 2. The Hall–Kier alpha value is -2.86. The lowest BCUT2D eigenvalue weighted by atomic mass is 10.00. The van der Waals surface area contributed by atoms with Gasteiger partial charge in [0.05, 0.1) is 18.8 Å². The molecule has 1 amide bonds. The van der Waals surface area contributed by atoms with Crippen LogP contribution in [0.15, 0.2) is 36.5 Å². The second-order valence-electron chi connectivity index (χ2n) is 6.95. The third-order valence-corrected chi connectivity index (χ3v) is 5.38. The molecule has 4 heterocycles. The van der Waals surface area contributed by atoms with Crippen molar-refractivity contribution in [2.75, 3.05) is 36.5 Å². The highest BCUT2D eigenvalue weighted by molar-refractivity contribution is 6.36. The normalized spacial score (nSPS) is 23.7. The molecule has 6 nitrogen and oxygen atoms in total. The number of amides is 1. The maximum atomic E-state index is 12.6. The molecular weight excluding hydrogens is 342 g/mol. The van der Waals surface area contributed by atoms with Gasteiger partial charge in [-0.1, -0.05) is 25.1 Å². The van der Waals surface area contributed by atoms with Crippen molar-refractivity contribution < 1.29 is 14.3 Å². The molecule has 0 spiro atoms. The van der Waals surface area contributed by atoms with Gasteiger partial charge in [0, 0.05) is 41.7 Å². The molecule has 1 aromatic heterocycles. The van der Waals surface area contributed by atoms with E-state index in [1.807, 2.05) is 30.5 Å². The molecule has 1 unspecified atom stereocenters. The van der Waals surface area contributed by atoms with Crippen LogP contribution in [0.1, 0.15) is 36.1 Å². The van der Waals surface area contributed by atoms with Gasteiger partial charge >= 0.3 is 0 Å². The number of morpholine rings is 1. The van der Waals surface area contributed by atoms with E-state index >= 15 is 0 Å². The summed E-state index contributed by atoms with van der Waals surface area (Å²) in [7, 11) is 0. The number of para-hydroxylation sites is 1. The molecule has 0 radical (unpaired) electrons. The first-order chi connectivity index (χ1) is 13.3. The zero-order valence-electron chi connectivity index (χ0n) is 15.2. The zero-order valence-corrected chi connectivity index (χ0v) is 15.2. The van der Waals surface area contributed by atoms with Gasteiger partial charge in [0.2, 0.25) is 0 Å². The summed E-state index contributed by atoms with van der Waals surface area (Å²) in [6.07, 6.45) is 2.62. The Morgan fingerprint density at radius 3 is 2.85 bits per heavy atom. The molecule has 0 bridgehead atoms. The SMILES string of the molecule is CCC1O/C(=C2/C(=O)Nc3ccccc32)c2cnc(N3CCOCC3)cc21. The Balaban J connectivity index is 1.62. The summed E-state index contributed by atoms with van der Waals surface area (Å²) in [5.74, 6) is 1.47. The number of hydrogen-bond donors (Lipinski definition) is 1. The van der Waals surface area contributed by atoms with Crippen LogP contribution < -0.4 is 10.2 Å². The van der Waals surface area contributed by atoms with E-state index in [0.29, 0.717) is 11.3 Å². The topological polar surface area (TPSA) is 63.7 Å². The molecule has 1 N–H and O–H groups in total. The monoisotopic (exact) mass is 363 g/mol. The maximum absolute atomic E-state index is 12.6. The summed E-state index contributed by atoms with van der Waals surface area (Å²) < 4.78 is 11.7. The van der Waals surface area contributed by atoms with E-state index in [9.17, 15) is 4.79 Å². The molecule has 27 heavy (non-hydrogen) atoms. The minimum absolute atomic E-state index is 0.0640. The fraction of sp³-hybridized carbons (Fsp3) is 0.333. The van der Waals surface area contributed by atoms with Gasteiger partial charge in [0.1, 0.15) is 17.7 Å². The average molecular weight is 363 g/mol. The fourth-order valence-corrected chi connectivity index (χ4v) is 3.99. The fourth-order valence-electron chi connectivity index (χ4n) is 3.99. The third kappa shape index (κ3) is 2.59. The average Bonchev–Trinajstić information content (AvgIpc) is 3.24. The Morgan fingerprint density at radius 1 is 1.22 bits per heavy atom. The number of anilines is 2. The molecule has 1 atom stereocenters. The van der Waals surface area contributed by atoms with Crippen molar-refractivity contribution in [3.8, 4) is 0 Å². The molecule has 1 saturated heterocycles. The molecule has 6 heteroatoms. The number of nitrogens with zero attached hydrogens (tertiary/aromatic N) is 2. The molecule has 1 aromatic carbocycles.